The van der Waals surface area contributed by atoms with Gasteiger partial charge in [0.1, 0.15) is 10.7 Å². The van der Waals surface area contributed by atoms with Crippen LogP contribution in [-0.2, 0) is 21.4 Å². The zero-order valence-corrected chi connectivity index (χ0v) is 16.8. The number of hydrogen-bond acceptors (Lipinski definition) is 7. The monoisotopic (exact) mass is 424 g/mol. The Balaban J connectivity index is 1.59. The Morgan fingerprint density at radius 1 is 1.14 bits per heavy atom. The van der Waals surface area contributed by atoms with Crippen LogP contribution in [0.5, 0.6) is 0 Å². The van der Waals surface area contributed by atoms with Crippen molar-refractivity contribution in [2.45, 2.75) is 24.3 Å². The zero-order chi connectivity index (χ0) is 20.1. The number of thiazole rings is 1. The summed E-state index contributed by atoms with van der Waals surface area (Å²) in [6.07, 6.45) is 1.71. The Hall–Kier alpha value is -2.34. The summed E-state index contributed by atoms with van der Waals surface area (Å²) in [6.45, 7) is 1.33. The lowest BCUT2D eigenvalue weighted by Crippen LogP contribution is -2.41. The molecule has 0 saturated carbocycles. The van der Waals surface area contributed by atoms with Crippen molar-refractivity contribution in [3.63, 3.8) is 0 Å². The SMILES string of the molecule is COCc1nc(C(=O)NNC(=O)c2ccc(S(=O)(=O)N3CCCC3)cc2)cs1. The highest BCUT2D eigenvalue weighted by molar-refractivity contribution is 7.89. The number of sulfonamides is 1. The highest BCUT2D eigenvalue weighted by Gasteiger charge is 2.27. The number of amides is 2. The van der Waals surface area contributed by atoms with Gasteiger partial charge in [0.15, 0.2) is 0 Å². The maximum atomic E-state index is 12.5. The average Bonchev–Trinajstić information content (AvgIpc) is 3.39. The van der Waals surface area contributed by atoms with E-state index in [0.717, 1.165) is 12.8 Å². The van der Waals surface area contributed by atoms with E-state index in [2.05, 4.69) is 15.8 Å². The van der Waals surface area contributed by atoms with Crippen LogP contribution in [0.2, 0.25) is 0 Å². The molecule has 1 aromatic carbocycles. The summed E-state index contributed by atoms with van der Waals surface area (Å²) in [5.74, 6) is -1.12. The maximum Gasteiger partial charge on any atom is 0.289 e. The van der Waals surface area contributed by atoms with Gasteiger partial charge < -0.3 is 4.74 Å². The topological polar surface area (TPSA) is 118 Å². The molecule has 150 valence electrons. The molecule has 2 aromatic rings. The van der Waals surface area contributed by atoms with Crippen LogP contribution in [-0.4, -0.2) is 49.7 Å². The summed E-state index contributed by atoms with van der Waals surface area (Å²) in [5, 5.41) is 2.21. The molecule has 9 nitrogen and oxygen atoms in total. The summed E-state index contributed by atoms with van der Waals surface area (Å²) in [6, 6.07) is 5.59. The number of nitrogens with one attached hydrogen (secondary N) is 2. The Bertz CT molecular complexity index is 950. The second kappa shape index (κ2) is 8.78. The maximum absolute atomic E-state index is 12.5. The summed E-state index contributed by atoms with van der Waals surface area (Å²) in [5.41, 5.74) is 4.96. The molecule has 0 aliphatic carbocycles. The van der Waals surface area contributed by atoms with Crippen molar-refractivity contribution in [2.24, 2.45) is 0 Å². The lowest BCUT2D eigenvalue weighted by molar-refractivity contribution is 0.0844. The fraction of sp³-hybridized carbons (Fsp3) is 0.353. The normalized spacial score (nSPS) is 14.8. The first-order chi connectivity index (χ1) is 13.4. The molecule has 1 fully saturated rings. The number of ether oxygens (including phenoxy) is 1. The first-order valence-electron chi connectivity index (χ1n) is 8.56. The molecule has 0 spiro atoms. The molecule has 1 aliphatic heterocycles. The molecule has 2 amide bonds. The predicted octanol–water partition coefficient (Wildman–Crippen LogP) is 1.15. The second-order valence-corrected chi connectivity index (χ2v) is 8.98. The number of benzene rings is 1. The molecule has 2 N–H and O–H groups in total. The summed E-state index contributed by atoms with van der Waals surface area (Å²) in [7, 11) is -2.00. The number of hydrogen-bond donors (Lipinski definition) is 2. The Morgan fingerprint density at radius 2 is 1.79 bits per heavy atom. The van der Waals surface area contributed by atoms with E-state index in [4.69, 9.17) is 4.74 Å². The predicted molar refractivity (Wildman–Crippen MR) is 102 cm³/mol. The van der Waals surface area contributed by atoms with Crippen molar-refractivity contribution in [3.05, 3.63) is 45.9 Å². The molecular formula is C17H20N4O5S2. The molecule has 0 atom stereocenters. The van der Waals surface area contributed by atoms with Crippen molar-refractivity contribution < 1.29 is 22.7 Å². The summed E-state index contributed by atoms with van der Waals surface area (Å²) < 4.78 is 31.4. The number of aromatic nitrogens is 1. The minimum Gasteiger partial charge on any atom is -0.378 e. The summed E-state index contributed by atoms with van der Waals surface area (Å²) in [4.78, 5) is 28.4. The molecule has 11 heteroatoms. The van der Waals surface area contributed by atoms with E-state index in [1.807, 2.05) is 0 Å². The lowest BCUT2D eigenvalue weighted by atomic mass is 10.2. The molecule has 28 heavy (non-hydrogen) atoms. The van der Waals surface area contributed by atoms with E-state index < -0.39 is 21.8 Å². The third-order valence-corrected chi connectivity index (χ3v) is 6.90. The minimum absolute atomic E-state index is 0.142. The van der Waals surface area contributed by atoms with Crippen LogP contribution in [0.3, 0.4) is 0 Å². The Labute approximate surface area is 166 Å². The zero-order valence-electron chi connectivity index (χ0n) is 15.2. The molecule has 3 rings (SSSR count). The van der Waals surface area contributed by atoms with Gasteiger partial charge in [-0.1, -0.05) is 0 Å². The molecule has 1 aliphatic rings. The van der Waals surface area contributed by atoms with E-state index >= 15 is 0 Å². The van der Waals surface area contributed by atoms with Crippen molar-refractivity contribution >= 4 is 33.2 Å². The highest BCUT2D eigenvalue weighted by atomic mass is 32.2. The van der Waals surface area contributed by atoms with Gasteiger partial charge in [0, 0.05) is 31.1 Å². The number of carbonyl (C=O) groups excluding carboxylic acids is 2. The minimum atomic E-state index is -3.53. The van der Waals surface area contributed by atoms with Gasteiger partial charge in [-0.3, -0.25) is 20.4 Å². The average molecular weight is 425 g/mol. The van der Waals surface area contributed by atoms with Gasteiger partial charge in [-0.05, 0) is 37.1 Å². The van der Waals surface area contributed by atoms with Crippen LogP contribution in [0, 0.1) is 0 Å². The first kappa shape index (κ1) is 20.4. The third kappa shape index (κ3) is 4.55. The van der Waals surface area contributed by atoms with Crippen LogP contribution in [0.15, 0.2) is 34.5 Å². The molecule has 1 aromatic heterocycles. The van der Waals surface area contributed by atoms with E-state index in [9.17, 15) is 18.0 Å². The first-order valence-corrected chi connectivity index (χ1v) is 10.9. The number of rotatable bonds is 6. The summed E-state index contributed by atoms with van der Waals surface area (Å²) >= 11 is 1.28. The Morgan fingerprint density at radius 3 is 2.43 bits per heavy atom. The van der Waals surface area contributed by atoms with Gasteiger partial charge in [-0.15, -0.1) is 11.3 Å². The fourth-order valence-corrected chi connectivity index (χ4v) is 4.97. The molecule has 0 unspecified atom stereocenters. The molecule has 1 saturated heterocycles. The van der Waals surface area contributed by atoms with Crippen LogP contribution < -0.4 is 10.9 Å². The number of nitrogens with zero attached hydrogens (tertiary/aromatic N) is 2. The van der Waals surface area contributed by atoms with Crippen molar-refractivity contribution in [1.29, 1.82) is 0 Å². The van der Waals surface area contributed by atoms with Gasteiger partial charge in [0.2, 0.25) is 10.0 Å². The lowest BCUT2D eigenvalue weighted by Gasteiger charge is -2.15. The second-order valence-electron chi connectivity index (χ2n) is 6.10. The quantitative estimate of drug-likeness (QED) is 0.672. The molecule has 0 radical (unpaired) electrons. The van der Waals surface area contributed by atoms with Gasteiger partial charge >= 0.3 is 0 Å². The van der Waals surface area contributed by atoms with E-state index in [1.54, 1.807) is 5.38 Å². The largest absolute Gasteiger partial charge is 0.378 e. The fourth-order valence-electron chi connectivity index (χ4n) is 2.71. The Kier molecular flexibility index (Phi) is 6.39. The third-order valence-electron chi connectivity index (χ3n) is 4.16. The van der Waals surface area contributed by atoms with Crippen LogP contribution >= 0.6 is 11.3 Å². The van der Waals surface area contributed by atoms with Crippen molar-refractivity contribution in [1.82, 2.24) is 20.1 Å². The van der Waals surface area contributed by atoms with Gasteiger partial charge in [0.25, 0.3) is 11.8 Å². The molecule has 0 bridgehead atoms. The smallest absolute Gasteiger partial charge is 0.289 e. The standard InChI is InChI=1S/C17H20N4O5S2/c1-26-10-15-18-14(11-27-15)17(23)20-19-16(22)12-4-6-13(7-5-12)28(24,25)21-8-2-3-9-21/h4-7,11H,2-3,8-10H2,1H3,(H,19,22)(H,20,23). The van der Waals surface area contributed by atoms with Gasteiger partial charge in [-0.2, -0.15) is 4.31 Å². The number of carbonyl (C=O) groups is 2. The van der Waals surface area contributed by atoms with E-state index in [-0.39, 0.29) is 16.2 Å². The van der Waals surface area contributed by atoms with Crippen molar-refractivity contribution in [3.8, 4) is 0 Å². The van der Waals surface area contributed by atoms with Crippen LogP contribution in [0.1, 0.15) is 38.7 Å². The van der Waals surface area contributed by atoms with Crippen LogP contribution in [0.4, 0.5) is 0 Å². The van der Waals surface area contributed by atoms with E-state index in [0.29, 0.717) is 24.7 Å². The number of methoxy groups -OCH3 is 1. The van der Waals surface area contributed by atoms with Crippen LogP contribution in [0.25, 0.3) is 0 Å². The van der Waals surface area contributed by atoms with Gasteiger partial charge in [0.05, 0.1) is 11.5 Å². The molecule has 2 heterocycles. The van der Waals surface area contributed by atoms with Crippen molar-refractivity contribution in [2.75, 3.05) is 20.2 Å². The van der Waals surface area contributed by atoms with E-state index in [1.165, 1.54) is 47.0 Å². The highest BCUT2D eigenvalue weighted by Crippen LogP contribution is 2.21. The molecular weight excluding hydrogens is 404 g/mol. The van der Waals surface area contributed by atoms with Gasteiger partial charge in [-0.25, -0.2) is 13.4 Å². The number of hydrazine groups is 1.